The fraction of sp³-hybridized carbons (Fsp3) is 0.632. The van der Waals surface area contributed by atoms with Gasteiger partial charge in [0.25, 0.3) is 0 Å². The first-order valence-corrected chi connectivity index (χ1v) is 8.57. The number of ether oxygens (including phenoxy) is 1. The fourth-order valence-corrected chi connectivity index (χ4v) is 3.03. The third-order valence-electron chi connectivity index (χ3n) is 4.30. The summed E-state index contributed by atoms with van der Waals surface area (Å²) in [5.41, 5.74) is 0.875. The van der Waals surface area contributed by atoms with Crippen LogP contribution in [0, 0.1) is 0 Å². The number of amides is 1. The van der Waals surface area contributed by atoms with E-state index in [1.54, 1.807) is 0 Å². The van der Waals surface area contributed by atoms with Crippen LogP contribution >= 0.6 is 0 Å². The summed E-state index contributed by atoms with van der Waals surface area (Å²) in [6, 6.07) is 11.1. The highest BCUT2D eigenvalue weighted by Crippen LogP contribution is 2.22. The van der Waals surface area contributed by atoms with Gasteiger partial charge in [-0.25, -0.2) is 4.79 Å². The molecule has 1 aromatic rings. The number of rotatable bonds is 3. The number of carbonyl (C=O) groups excluding carboxylic acids is 1. The molecule has 23 heavy (non-hydrogen) atoms. The van der Waals surface area contributed by atoms with Crippen molar-refractivity contribution in [2.45, 2.75) is 65.3 Å². The Kier molecular flexibility index (Phi) is 5.69. The highest BCUT2D eigenvalue weighted by Gasteiger charge is 2.35. The standard InChI is InChI=1S/C19H30N2O2/c1-6-17-14-20(13-16-10-8-7-9-11-16)15(2)12-21(17)18(22)23-19(3,4)5/h7-11,15,17H,6,12-14H2,1-5H3. The molecule has 0 aromatic heterocycles. The van der Waals surface area contributed by atoms with Gasteiger partial charge >= 0.3 is 6.09 Å². The second-order valence-electron chi connectivity index (χ2n) is 7.46. The van der Waals surface area contributed by atoms with Crippen molar-refractivity contribution >= 4 is 6.09 Å². The minimum Gasteiger partial charge on any atom is -0.444 e. The van der Waals surface area contributed by atoms with Gasteiger partial charge in [0.15, 0.2) is 0 Å². The molecule has 1 aliphatic heterocycles. The number of piperazine rings is 1. The first-order chi connectivity index (χ1) is 10.8. The van der Waals surface area contributed by atoms with Gasteiger partial charge < -0.3 is 9.64 Å². The van der Waals surface area contributed by atoms with E-state index in [4.69, 9.17) is 4.74 Å². The predicted molar refractivity (Wildman–Crippen MR) is 93.3 cm³/mol. The maximum absolute atomic E-state index is 12.5. The molecule has 2 rings (SSSR count). The monoisotopic (exact) mass is 318 g/mol. The first kappa shape index (κ1) is 17.8. The minimum atomic E-state index is -0.445. The Morgan fingerprint density at radius 1 is 1.22 bits per heavy atom. The van der Waals surface area contributed by atoms with Crippen LogP contribution in [0.5, 0.6) is 0 Å². The van der Waals surface area contributed by atoms with Crippen LogP contribution < -0.4 is 0 Å². The van der Waals surface area contributed by atoms with E-state index >= 15 is 0 Å². The van der Waals surface area contributed by atoms with E-state index in [0.29, 0.717) is 6.04 Å². The van der Waals surface area contributed by atoms with Gasteiger partial charge in [0.05, 0.1) is 0 Å². The van der Waals surface area contributed by atoms with Crippen LogP contribution in [-0.4, -0.2) is 46.7 Å². The number of nitrogens with zero attached hydrogens (tertiary/aromatic N) is 2. The Balaban J connectivity index is 2.04. The number of hydrogen-bond acceptors (Lipinski definition) is 3. The Labute approximate surface area is 140 Å². The van der Waals surface area contributed by atoms with Crippen molar-refractivity contribution in [3.05, 3.63) is 35.9 Å². The molecule has 1 saturated heterocycles. The second kappa shape index (κ2) is 7.35. The summed E-state index contributed by atoms with van der Waals surface area (Å²) in [4.78, 5) is 16.9. The van der Waals surface area contributed by atoms with Gasteiger partial charge in [-0.3, -0.25) is 4.90 Å². The minimum absolute atomic E-state index is 0.185. The van der Waals surface area contributed by atoms with Gasteiger partial charge in [0.2, 0.25) is 0 Å². The summed E-state index contributed by atoms with van der Waals surface area (Å²) in [6.45, 7) is 12.6. The topological polar surface area (TPSA) is 32.8 Å². The van der Waals surface area contributed by atoms with E-state index < -0.39 is 5.60 Å². The Morgan fingerprint density at radius 3 is 2.43 bits per heavy atom. The number of carbonyl (C=O) groups is 1. The van der Waals surface area contributed by atoms with Gasteiger partial charge in [-0.1, -0.05) is 37.3 Å². The predicted octanol–water partition coefficient (Wildman–Crippen LogP) is 3.91. The molecule has 4 heteroatoms. The lowest BCUT2D eigenvalue weighted by molar-refractivity contribution is -0.0158. The van der Waals surface area contributed by atoms with E-state index in [-0.39, 0.29) is 12.1 Å². The molecule has 1 fully saturated rings. The van der Waals surface area contributed by atoms with Crippen molar-refractivity contribution in [2.75, 3.05) is 13.1 Å². The smallest absolute Gasteiger partial charge is 0.410 e. The molecule has 4 nitrogen and oxygen atoms in total. The largest absolute Gasteiger partial charge is 0.444 e. The molecular weight excluding hydrogens is 288 g/mol. The summed E-state index contributed by atoms with van der Waals surface area (Å²) in [5.74, 6) is 0. The molecule has 0 aliphatic carbocycles. The molecule has 2 unspecified atom stereocenters. The molecule has 0 bridgehead atoms. The highest BCUT2D eigenvalue weighted by molar-refractivity contribution is 5.68. The zero-order valence-corrected chi connectivity index (χ0v) is 15.1. The molecule has 0 saturated carbocycles. The van der Waals surface area contributed by atoms with Crippen LogP contribution in [0.25, 0.3) is 0 Å². The molecule has 1 amide bonds. The van der Waals surface area contributed by atoms with Crippen LogP contribution in [0.15, 0.2) is 30.3 Å². The molecule has 2 atom stereocenters. The summed E-state index contributed by atoms with van der Waals surface area (Å²) < 4.78 is 5.58. The quantitative estimate of drug-likeness (QED) is 0.847. The van der Waals surface area contributed by atoms with Gasteiger partial charge in [0.1, 0.15) is 5.60 Å². The lowest BCUT2D eigenvalue weighted by Crippen LogP contribution is -2.59. The Hall–Kier alpha value is -1.55. The number of benzene rings is 1. The fourth-order valence-electron chi connectivity index (χ4n) is 3.03. The van der Waals surface area contributed by atoms with Gasteiger partial charge in [-0.2, -0.15) is 0 Å². The maximum Gasteiger partial charge on any atom is 0.410 e. The lowest BCUT2D eigenvalue weighted by atomic mass is 10.0. The molecule has 0 radical (unpaired) electrons. The van der Waals surface area contributed by atoms with Crippen LogP contribution in [0.3, 0.4) is 0 Å². The molecular formula is C19H30N2O2. The molecule has 0 N–H and O–H groups in total. The zero-order chi connectivity index (χ0) is 17.0. The van der Waals surface area contributed by atoms with Crippen LogP contribution in [0.4, 0.5) is 4.79 Å². The third-order valence-corrected chi connectivity index (χ3v) is 4.30. The van der Waals surface area contributed by atoms with E-state index in [9.17, 15) is 4.79 Å². The Bertz CT molecular complexity index is 510. The van der Waals surface area contributed by atoms with Crippen molar-refractivity contribution < 1.29 is 9.53 Å². The van der Waals surface area contributed by atoms with E-state index in [0.717, 1.165) is 26.1 Å². The molecule has 1 aromatic carbocycles. The second-order valence-corrected chi connectivity index (χ2v) is 7.46. The van der Waals surface area contributed by atoms with E-state index in [1.165, 1.54) is 5.56 Å². The van der Waals surface area contributed by atoms with Crippen molar-refractivity contribution in [3.8, 4) is 0 Å². The third kappa shape index (κ3) is 4.96. The van der Waals surface area contributed by atoms with Crippen molar-refractivity contribution in [2.24, 2.45) is 0 Å². The maximum atomic E-state index is 12.5. The molecule has 1 heterocycles. The molecule has 128 valence electrons. The van der Waals surface area contributed by atoms with Gasteiger partial charge in [-0.15, -0.1) is 0 Å². The van der Waals surface area contributed by atoms with Crippen LogP contribution in [0.2, 0.25) is 0 Å². The van der Waals surface area contributed by atoms with Gasteiger partial charge in [0, 0.05) is 31.7 Å². The average molecular weight is 318 g/mol. The summed E-state index contributed by atoms with van der Waals surface area (Å²) in [6.07, 6.45) is 0.757. The molecule has 1 aliphatic rings. The van der Waals surface area contributed by atoms with Crippen molar-refractivity contribution in [1.29, 1.82) is 0 Å². The normalized spacial score (nSPS) is 22.9. The summed E-state index contributed by atoms with van der Waals surface area (Å²) in [7, 11) is 0. The van der Waals surface area contributed by atoms with Crippen molar-refractivity contribution in [1.82, 2.24) is 9.80 Å². The van der Waals surface area contributed by atoms with E-state index in [1.807, 2.05) is 31.7 Å². The number of hydrogen-bond donors (Lipinski definition) is 0. The van der Waals surface area contributed by atoms with E-state index in [2.05, 4.69) is 43.0 Å². The average Bonchev–Trinajstić information content (AvgIpc) is 2.48. The Morgan fingerprint density at radius 2 is 1.87 bits per heavy atom. The molecule has 0 spiro atoms. The summed E-state index contributed by atoms with van der Waals surface area (Å²) >= 11 is 0. The SMILES string of the molecule is CCC1CN(Cc2ccccc2)C(C)CN1C(=O)OC(C)(C)C. The summed E-state index contributed by atoms with van der Waals surface area (Å²) in [5, 5.41) is 0. The first-order valence-electron chi connectivity index (χ1n) is 8.57. The lowest BCUT2D eigenvalue weighted by Gasteiger charge is -2.45. The van der Waals surface area contributed by atoms with Gasteiger partial charge in [-0.05, 0) is 39.7 Å². The van der Waals surface area contributed by atoms with Crippen LogP contribution in [0.1, 0.15) is 46.6 Å². The van der Waals surface area contributed by atoms with Crippen LogP contribution in [-0.2, 0) is 11.3 Å². The van der Waals surface area contributed by atoms with Crippen molar-refractivity contribution in [3.63, 3.8) is 0 Å². The highest BCUT2D eigenvalue weighted by atomic mass is 16.6. The zero-order valence-electron chi connectivity index (χ0n) is 15.1.